The highest BCUT2D eigenvalue weighted by Crippen LogP contribution is 2.59. The maximum Gasteiger partial charge on any atom is 0.135 e. The van der Waals surface area contributed by atoms with Crippen molar-refractivity contribution in [1.82, 2.24) is 0 Å². The lowest BCUT2D eigenvalue weighted by Gasteiger charge is -2.34. The van der Waals surface area contributed by atoms with Gasteiger partial charge in [-0.15, -0.1) is 0 Å². The number of furan rings is 1. The third-order valence-corrected chi connectivity index (χ3v) is 12.7. The van der Waals surface area contributed by atoms with Gasteiger partial charge in [-0.2, -0.15) is 0 Å². The lowest BCUT2D eigenvalue weighted by molar-refractivity contribution is 0.669. The molecule has 11 aromatic rings. The van der Waals surface area contributed by atoms with E-state index in [0.29, 0.717) is 0 Å². The van der Waals surface area contributed by atoms with Crippen LogP contribution in [-0.2, 0) is 5.41 Å². The Morgan fingerprint density at radius 1 is 0.344 bits per heavy atom. The van der Waals surface area contributed by atoms with Gasteiger partial charge >= 0.3 is 0 Å². The topological polar surface area (TPSA) is 16.4 Å². The standard InChI is InChI=1S/C59H39NO/c1-3-20-44(21-4-1)59(45-22-5-2-6-23-45)53-28-11-9-26-51(53)58-54(59)29-15-30-55(58)60(47-36-37-57-52(39-47)50-25-10-12-31-56(50)61-57)46-34-32-40(33-35-46)42-18-13-19-43(38-42)49-27-14-17-41-16-7-8-24-48(41)49/h1-39H. The van der Waals surface area contributed by atoms with Gasteiger partial charge in [-0.1, -0.05) is 188 Å². The zero-order valence-corrected chi connectivity index (χ0v) is 33.4. The van der Waals surface area contributed by atoms with Crippen LogP contribution in [0.1, 0.15) is 22.3 Å². The van der Waals surface area contributed by atoms with Gasteiger partial charge in [0.25, 0.3) is 0 Å². The molecule has 0 saturated carbocycles. The van der Waals surface area contributed by atoms with E-state index in [1.165, 1.54) is 60.8 Å². The average molecular weight is 778 g/mol. The average Bonchev–Trinajstić information content (AvgIpc) is 3.86. The number of benzene rings is 10. The molecule has 0 unspecified atom stereocenters. The van der Waals surface area contributed by atoms with Gasteiger partial charge in [0.15, 0.2) is 0 Å². The predicted octanol–water partition coefficient (Wildman–Crippen LogP) is 15.9. The first kappa shape index (κ1) is 35.0. The lowest BCUT2D eigenvalue weighted by atomic mass is 9.68. The largest absolute Gasteiger partial charge is 0.456 e. The molecule has 0 aliphatic heterocycles. The van der Waals surface area contributed by atoms with Crippen molar-refractivity contribution in [2.24, 2.45) is 0 Å². The molecular formula is C59H39NO. The highest BCUT2D eigenvalue weighted by molar-refractivity contribution is 6.07. The summed E-state index contributed by atoms with van der Waals surface area (Å²) in [5.74, 6) is 0. The van der Waals surface area contributed by atoms with E-state index in [2.05, 4.69) is 235 Å². The Balaban J connectivity index is 1.07. The van der Waals surface area contributed by atoms with Gasteiger partial charge in [-0.05, 0) is 109 Å². The highest BCUT2D eigenvalue weighted by atomic mass is 16.3. The van der Waals surface area contributed by atoms with Gasteiger partial charge < -0.3 is 9.32 Å². The molecular weight excluding hydrogens is 739 g/mol. The molecule has 61 heavy (non-hydrogen) atoms. The summed E-state index contributed by atoms with van der Waals surface area (Å²) in [6.45, 7) is 0. The van der Waals surface area contributed by atoms with Gasteiger partial charge in [-0.25, -0.2) is 0 Å². The fraction of sp³-hybridized carbons (Fsp3) is 0.0169. The molecule has 10 aromatic carbocycles. The van der Waals surface area contributed by atoms with Crippen LogP contribution in [0.3, 0.4) is 0 Å². The molecule has 1 heterocycles. The second-order valence-corrected chi connectivity index (χ2v) is 16.0. The van der Waals surface area contributed by atoms with E-state index >= 15 is 0 Å². The van der Waals surface area contributed by atoms with Crippen molar-refractivity contribution < 1.29 is 4.42 Å². The van der Waals surface area contributed by atoms with E-state index in [1.807, 2.05) is 6.07 Å². The van der Waals surface area contributed by atoms with E-state index in [1.54, 1.807) is 0 Å². The molecule has 2 nitrogen and oxygen atoms in total. The summed E-state index contributed by atoms with van der Waals surface area (Å²) in [5, 5.41) is 4.71. The molecule has 1 aliphatic carbocycles. The summed E-state index contributed by atoms with van der Waals surface area (Å²) in [5.41, 5.74) is 16.8. The van der Waals surface area contributed by atoms with Crippen molar-refractivity contribution in [3.05, 3.63) is 259 Å². The Bertz CT molecular complexity index is 3370. The number of rotatable bonds is 7. The van der Waals surface area contributed by atoms with Crippen molar-refractivity contribution in [2.45, 2.75) is 5.41 Å². The summed E-state index contributed by atoms with van der Waals surface area (Å²) in [4.78, 5) is 2.44. The van der Waals surface area contributed by atoms with E-state index in [0.717, 1.165) is 44.6 Å². The van der Waals surface area contributed by atoms with Crippen molar-refractivity contribution >= 4 is 49.8 Å². The summed E-state index contributed by atoms with van der Waals surface area (Å²) in [6, 6.07) is 86.1. The zero-order valence-electron chi connectivity index (χ0n) is 33.4. The van der Waals surface area contributed by atoms with Crippen LogP contribution in [0.2, 0.25) is 0 Å². The SMILES string of the molecule is c1ccc(C2(c3ccccc3)c3ccccc3-c3c(N(c4ccc(-c5cccc(-c6cccc7ccccc67)c5)cc4)c4ccc5oc6ccccc6c5c4)cccc32)cc1. The van der Waals surface area contributed by atoms with Gasteiger partial charge in [0.05, 0.1) is 11.1 Å². The monoisotopic (exact) mass is 777 g/mol. The third kappa shape index (κ3) is 5.50. The van der Waals surface area contributed by atoms with Crippen LogP contribution in [-0.4, -0.2) is 0 Å². The Hall–Kier alpha value is -7.94. The highest BCUT2D eigenvalue weighted by Gasteiger charge is 2.47. The Labute approximate surface area is 355 Å². The smallest absolute Gasteiger partial charge is 0.135 e. The molecule has 0 atom stereocenters. The van der Waals surface area contributed by atoms with E-state index in [4.69, 9.17) is 4.42 Å². The Morgan fingerprint density at radius 2 is 0.934 bits per heavy atom. The van der Waals surface area contributed by atoms with Crippen molar-refractivity contribution in [3.8, 4) is 33.4 Å². The summed E-state index contributed by atoms with van der Waals surface area (Å²) >= 11 is 0. The van der Waals surface area contributed by atoms with Crippen molar-refractivity contribution in [3.63, 3.8) is 0 Å². The molecule has 0 bridgehead atoms. The van der Waals surface area contributed by atoms with Crippen LogP contribution in [0.5, 0.6) is 0 Å². The summed E-state index contributed by atoms with van der Waals surface area (Å²) in [6.07, 6.45) is 0. The molecule has 12 rings (SSSR count). The number of hydrogen-bond acceptors (Lipinski definition) is 2. The number of anilines is 3. The van der Waals surface area contributed by atoms with Crippen LogP contribution in [0.25, 0.3) is 66.1 Å². The minimum Gasteiger partial charge on any atom is -0.456 e. The molecule has 0 spiro atoms. The number of hydrogen-bond donors (Lipinski definition) is 0. The summed E-state index contributed by atoms with van der Waals surface area (Å²) < 4.78 is 6.36. The fourth-order valence-corrected chi connectivity index (χ4v) is 10.1. The zero-order chi connectivity index (χ0) is 40.3. The van der Waals surface area contributed by atoms with E-state index in [-0.39, 0.29) is 0 Å². The Kier molecular flexibility index (Phi) is 8.11. The van der Waals surface area contributed by atoms with Crippen molar-refractivity contribution in [1.29, 1.82) is 0 Å². The molecule has 0 fully saturated rings. The van der Waals surface area contributed by atoms with Crippen LogP contribution in [0.4, 0.5) is 17.1 Å². The van der Waals surface area contributed by atoms with Crippen LogP contribution >= 0.6 is 0 Å². The minimum absolute atomic E-state index is 0.514. The van der Waals surface area contributed by atoms with Crippen LogP contribution in [0.15, 0.2) is 241 Å². The fourth-order valence-electron chi connectivity index (χ4n) is 10.1. The first-order valence-electron chi connectivity index (χ1n) is 21.0. The first-order valence-corrected chi connectivity index (χ1v) is 21.0. The quantitative estimate of drug-likeness (QED) is 0.160. The van der Waals surface area contributed by atoms with Crippen LogP contribution in [0, 0.1) is 0 Å². The molecule has 1 aromatic heterocycles. The summed E-state index contributed by atoms with van der Waals surface area (Å²) in [7, 11) is 0. The lowest BCUT2D eigenvalue weighted by Crippen LogP contribution is -2.28. The van der Waals surface area contributed by atoms with E-state index < -0.39 is 5.41 Å². The van der Waals surface area contributed by atoms with Gasteiger partial charge in [0.2, 0.25) is 0 Å². The maximum absolute atomic E-state index is 6.36. The third-order valence-electron chi connectivity index (χ3n) is 12.7. The predicted molar refractivity (Wildman–Crippen MR) is 254 cm³/mol. The molecule has 2 heteroatoms. The first-order chi connectivity index (χ1) is 30.3. The number of fused-ring (bicyclic) bond motifs is 7. The van der Waals surface area contributed by atoms with Gasteiger partial charge in [-0.3, -0.25) is 0 Å². The molecule has 0 radical (unpaired) electrons. The molecule has 1 aliphatic rings. The molecule has 0 saturated heterocycles. The van der Waals surface area contributed by atoms with E-state index in [9.17, 15) is 0 Å². The molecule has 0 amide bonds. The maximum atomic E-state index is 6.36. The minimum atomic E-state index is -0.514. The number of nitrogens with zero attached hydrogens (tertiary/aromatic N) is 1. The van der Waals surface area contributed by atoms with Gasteiger partial charge in [0, 0.05) is 27.7 Å². The Morgan fingerprint density at radius 3 is 1.75 bits per heavy atom. The molecule has 0 N–H and O–H groups in total. The second kappa shape index (κ2) is 14.1. The molecule has 286 valence electrons. The second-order valence-electron chi connectivity index (χ2n) is 16.0. The normalized spacial score (nSPS) is 12.7. The van der Waals surface area contributed by atoms with Crippen molar-refractivity contribution in [2.75, 3.05) is 4.90 Å². The van der Waals surface area contributed by atoms with Crippen LogP contribution < -0.4 is 4.90 Å². The van der Waals surface area contributed by atoms with Gasteiger partial charge in [0.1, 0.15) is 11.2 Å². The number of para-hydroxylation sites is 1.